The Balaban J connectivity index is 2.07. The second-order valence-electron chi connectivity index (χ2n) is 4.03. The van der Waals surface area contributed by atoms with Gasteiger partial charge in [0, 0.05) is 17.4 Å². The quantitative estimate of drug-likeness (QED) is 0.511. The minimum atomic E-state index is -0.477. The maximum atomic E-state index is 13.8. The van der Waals surface area contributed by atoms with Gasteiger partial charge < -0.3 is 15.1 Å². The Bertz CT molecular complexity index is 772. The average Bonchev–Trinajstić information content (AvgIpc) is 2.90. The molecule has 0 saturated heterocycles. The number of hydrazine groups is 1. The molecule has 0 saturated carbocycles. The predicted octanol–water partition coefficient (Wildman–Crippen LogP) is 2.55. The van der Waals surface area contributed by atoms with E-state index in [0.29, 0.717) is 22.3 Å². The van der Waals surface area contributed by atoms with E-state index < -0.39 is 5.82 Å². The highest BCUT2D eigenvalue weighted by molar-refractivity contribution is 6.30. The van der Waals surface area contributed by atoms with Crippen LogP contribution in [0.5, 0.6) is 0 Å². The zero-order valence-electron chi connectivity index (χ0n) is 10.1. The summed E-state index contributed by atoms with van der Waals surface area (Å²) >= 11 is 5.72. The Hall–Kier alpha value is -2.38. The summed E-state index contributed by atoms with van der Waals surface area (Å²) in [7, 11) is 0. The summed E-state index contributed by atoms with van der Waals surface area (Å²) in [6.45, 7) is 0. The van der Waals surface area contributed by atoms with Crippen molar-refractivity contribution in [2.45, 2.75) is 0 Å². The number of nitrogens with two attached hydrogens (primary N) is 1. The first kappa shape index (κ1) is 12.6. The van der Waals surface area contributed by atoms with E-state index in [0.717, 1.165) is 0 Å². The van der Waals surface area contributed by atoms with Crippen LogP contribution in [0.25, 0.3) is 5.65 Å². The van der Waals surface area contributed by atoms with Crippen LogP contribution in [0, 0.1) is 5.82 Å². The van der Waals surface area contributed by atoms with Crippen LogP contribution in [-0.2, 0) is 0 Å². The summed E-state index contributed by atoms with van der Waals surface area (Å²) in [5, 5.41) is 3.20. The van der Waals surface area contributed by atoms with Crippen molar-refractivity contribution >= 4 is 34.6 Å². The van der Waals surface area contributed by atoms with Gasteiger partial charge in [-0.15, -0.1) is 0 Å². The van der Waals surface area contributed by atoms with Gasteiger partial charge in [-0.2, -0.15) is 0 Å². The van der Waals surface area contributed by atoms with Crippen LogP contribution in [0.3, 0.4) is 0 Å². The van der Waals surface area contributed by atoms with Gasteiger partial charge in [0.25, 0.3) is 0 Å². The molecule has 0 unspecified atom stereocenters. The number of nitrogen functional groups attached to an aromatic ring is 1. The lowest BCUT2D eigenvalue weighted by atomic mass is 10.3. The van der Waals surface area contributed by atoms with E-state index >= 15 is 0 Å². The number of hydrogen-bond acceptors (Lipinski definition) is 5. The van der Waals surface area contributed by atoms with Crippen LogP contribution in [-0.4, -0.2) is 14.4 Å². The van der Waals surface area contributed by atoms with Crippen molar-refractivity contribution in [1.82, 2.24) is 14.4 Å². The van der Waals surface area contributed by atoms with E-state index in [1.807, 2.05) is 0 Å². The number of rotatable bonds is 3. The van der Waals surface area contributed by atoms with Crippen molar-refractivity contribution in [1.29, 1.82) is 0 Å². The molecule has 3 aromatic rings. The van der Waals surface area contributed by atoms with Crippen LogP contribution in [0.4, 0.5) is 21.7 Å². The second kappa shape index (κ2) is 4.95. The van der Waals surface area contributed by atoms with Crippen molar-refractivity contribution in [3.05, 3.63) is 47.6 Å². The SMILES string of the molecule is NNc1cn2ccnc2c(Nc2ccc(Cl)cc2F)n1. The Morgan fingerprint density at radius 1 is 1.35 bits per heavy atom. The number of benzene rings is 1. The van der Waals surface area contributed by atoms with E-state index in [1.165, 1.54) is 12.1 Å². The van der Waals surface area contributed by atoms with Gasteiger partial charge in [0.05, 0.1) is 11.9 Å². The number of anilines is 3. The molecule has 0 aliphatic heterocycles. The highest BCUT2D eigenvalue weighted by Gasteiger charge is 2.10. The van der Waals surface area contributed by atoms with Gasteiger partial charge in [0.2, 0.25) is 0 Å². The third-order valence-electron chi connectivity index (χ3n) is 2.71. The van der Waals surface area contributed by atoms with Gasteiger partial charge in [0.1, 0.15) is 5.82 Å². The van der Waals surface area contributed by atoms with E-state index in [2.05, 4.69) is 20.7 Å². The first-order chi connectivity index (χ1) is 9.67. The number of halogens is 2. The molecule has 2 heterocycles. The largest absolute Gasteiger partial charge is 0.335 e. The van der Waals surface area contributed by atoms with Crippen LogP contribution >= 0.6 is 11.6 Å². The van der Waals surface area contributed by atoms with Gasteiger partial charge in [-0.05, 0) is 18.2 Å². The maximum Gasteiger partial charge on any atom is 0.180 e. The molecule has 6 nitrogen and oxygen atoms in total. The average molecular weight is 293 g/mol. The van der Waals surface area contributed by atoms with Crippen molar-refractivity contribution in [2.24, 2.45) is 5.84 Å². The molecule has 0 aliphatic rings. The third-order valence-corrected chi connectivity index (χ3v) is 2.94. The summed E-state index contributed by atoms with van der Waals surface area (Å²) < 4.78 is 15.5. The fourth-order valence-corrected chi connectivity index (χ4v) is 1.96. The third kappa shape index (κ3) is 2.24. The number of nitrogens with one attached hydrogen (secondary N) is 2. The second-order valence-corrected chi connectivity index (χ2v) is 4.46. The van der Waals surface area contributed by atoms with Crippen LogP contribution in [0.2, 0.25) is 5.02 Å². The Morgan fingerprint density at radius 2 is 2.20 bits per heavy atom. The Labute approximate surface area is 118 Å². The van der Waals surface area contributed by atoms with Crippen molar-refractivity contribution in [2.75, 3.05) is 10.7 Å². The first-order valence-corrected chi connectivity index (χ1v) is 6.07. The van der Waals surface area contributed by atoms with Gasteiger partial charge in [-0.25, -0.2) is 20.2 Å². The number of aromatic nitrogens is 3. The number of imidazole rings is 1. The molecule has 0 atom stereocenters. The summed E-state index contributed by atoms with van der Waals surface area (Å²) in [4.78, 5) is 8.38. The lowest BCUT2D eigenvalue weighted by Gasteiger charge is -2.10. The summed E-state index contributed by atoms with van der Waals surface area (Å²) in [5.74, 6) is 5.68. The Morgan fingerprint density at radius 3 is 2.95 bits per heavy atom. The van der Waals surface area contributed by atoms with E-state index in [4.69, 9.17) is 17.4 Å². The molecule has 3 rings (SSSR count). The van der Waals surface area contributed by atoms with Gasteiger partial charge in [-0.1, -0.05) is 11.6 Å². The van der Waals surface area contributed by atoms with Crippen LogP contribution < -0.4 is 16.6 Å². The predicted molar refractivity (Wildman–Crippen MR) is 75.5 cm³/mol. The minimum Gasteiger partial charge on any atom is -0.335 e. The lowest BCUT2D eigenvalue weighted by molar-refractivity contribution is 0.632. The number of nitrogens with zero attached hydrogens (tertiary/aromatic N) is 3. The molecule has 1 aromatic carbocycles. The highest BCUT2D eigenvalue weighted by atomic mass is 35.5. The Kier molecular flexibility index (Phi) is 3.13. The number of fused-ring (bicyclic) bond motifs is 1. The molecular formula is C12H10ClFN6. The van der Waals surface area contributed by atoms with Gasteiger partial charge >= 0.3 is 0 Å². The maximum absolute atomic E-state index is 13.8. The molecule has 0 radical (unpaired) electrons. The fourth-order valence-electron chi connectivity index (χ4n) is 1.80. The molecular weight excluding hydrogens is 283 g/mol. The van der Waals surface area contributed by atoms with Gasteiger partial charge in [0.15, 0.2) is 17.3 Å². The molecule has 102 valence electrons. The standard InChI is InChI=1S/C12H10ClFN6/c13-7-1-2-9(8(14)5-7)17-11-12-16-3-4-20(12)6-10(18-11)19-15/h1-6,19H,15H2,(H,17,18). The molecule has 8 heteroatoms. The zero-order chi connectivity index (χ0) is 14.1. The molecule has 0 bridgehead atoms. The van der Waals surface area contributed by atoms with Gasteiger partial charge in [-0.3, -0.25) is 0 Å². The van der Waals surface area contributed by atoms with Crippen molar-refractivity contribution in [3.8, 4) is 0 Å². The minimum absolute atomic E-state index is 0.251. The lowest BCUT2D eigenvalue weighted by Crippen LogP contribution is -2.11. The highest BCUT2D eigenvalue weighted by Crippen LogP contribution is 2.24. The smallest absolute Gasteiger partial charge is 0.180 e. The fraction of sp³-hybridized carbons (Fsp3) is 0. The normalized spacial score (nSPS) is 10.8. The van der Waals surface area contributed by atoms with E-state index in [-0.39, 0.29) is 5.69 Å². The molecule has 0 fully saturated rings. The van der Waals surface area contributed by atoms with E-state index in [1.54, 1.807) is 29.1 Å². The molecule has 0 aliphatic carbocycles. The monoisotopic (exact) mass is 292 g/mol. The topological polar surface area (TPSA) is 80.3 Å². The van der Waals surface area contributed by atoms with E-state index in [9.17, 15) is 4.39 Å². The van der Waals surface area contributed by atoms with Crippen molar-refractivity contribution < 1.29 is 4.39 Å². The molecule has 0 amide bonds. The number of hydrogen-bond donors (Lipinski definition) is 3. The first-order valence-electron chi connectivity index (χ1n) is 5.70. The van der Waals surface area contributed by atoms with Crippen molar-refractivity contribution in [3.63, 3.8) is 0 Å². The molecule has 0 spiro atoms. The van der Waals surface area contributed by atoms with Crippen LogP contribution in [0.1, 0.15) is 0 Å². The molecule has 20 heavy (non-hydrogen) atoms. The van der Waals surface area contributed by atoms with Crippen LogP contribution in [0.15, 0.2) is 36.8 Å². The molecule has 2 aromatic heterocycles. The summed E-state index contributed by atoms with van der Waals surface area (Å²) in [5.41, 5.74) is 3.25. The summed E-state index contributed by atoms with van der Waals surface area (Å²) in [6.07, 6.45) is 5.02. The zero-order valence-corrected chi connectivity index (χ0v) is 10.9. The molecule has 4 N–H and O–H groups in total. The summed E-state index contributed by atoms with van der Waals surface area (Å²) in [6, 6.07) is 4.33.